The molecule has 0 radical (unpaired) electrons. The minimum absolute atomic E-state index is 0.0252. The maximum atomic E-state index is 12.7. The van der Waals surface area contributed by atoms with E-state index < -0.39 is 25.1 Å². The predicted molar refractivity (Wildman–Crippen MR) is 109 cm³/mol. The van der Waals surface area contributed by atoms with Crippen LogP contribution < -0.4 is 4.72 Å². The lowest BCUT2D eigenvalue weighted by molar-refractivity contribution is -0.131. The Balaban J connectivity index is 1.51. The van der Waals surface area contributed by atoms with E-state index >= 15 is 0 Å². The maximum absolute atomic E-state index is 12.7. The van der Waals surface area contributed by atoms with Crippen molar-refractivity contribution in [3.63, 3.8) is 0 Å². The number of halogens is 1. The maximum Gasteiger partial charge on any atom is 0.249 e. The summed E-state index contributed by atoms with van der Waals surface area (Å²) >= 11 is 5.82. The van der Waals surface area contributed by atoms with Gasteiger partial charge in [-0.05, 0) is 31.0 Å². The molecule has 164 valence electrons. The van der Waals surface area contributed by atoms with Crippen LogP contribution in [0.3, 0.4) is 0 Å². The summed E-state index contributed by atoms with van der Waals surface area (Å²) in [6.07, 6.45) is 1.88. The highest BCUT2D eigenvalue weighted by Gasteiger charge is 2.35. The Morgan fingerprint density at radius 1 is 1.23 bits per heavy atom. The van der Waals surface area contributed by atoms with Gasteiger partial charge in [0.1, 0.15) is 6.33 Å². The topological polar surface area (TPSA) is 131 Å². The minimum atomic E-state index is -3.77. The van der Waals surface area contributed by atoms with Crippen molar-refractivity contribution in [2.75, 3.05) is 19.6 Å². The van der Waals surface area contributed by atoms with Gasteiger partial charge in [0.25, 0.3) is 0 Å². The van der Waals surface area contributed by atoms with E-state index in [0.29, 0.717) is 5.02 Å². The summed E-state index contributed by atoms with van der Waals surface area (Å²) in [5.74, 6) is -0.238. The van der Waals surface area contributed by atoms with Crippen LogP contribution in [0.1, 0.15) is 19.3 Å². The van der Waals surface area contributed by atoms with E-state index in [-0.39, 0.29) is 54.9 Å². The first kappa shape index (κ1) is 22.7. The zero-order valence-electron chi connectivity index (χ0n) is 16.2. The van der Waals surface area contributed by atoms with Crippen LogP contribution in [0.15, 0.2) is 40.6 Å². The second kappa shape index (κ2) is 9.00. The molecule has 10 nitrogen and oxygen atoms in total. The number of likely N-dealkylation sites (tertiary alicyclic amines) is 1. The summed E-state index contributed by atoms with van der Waals surface area (Å²) in [7, 11) is -5.82. The Bertz CT molecular complexity index is 1120. The highest BCUT2D eigenvalue weighted by molar-refractivity contribution is 7.91. The molecular formula is C17H22ClN5O5S2. The third-order valence-electron chi connectivity index (χ3n) is 4.90. The molecule has 1 aliphatic rings. The first-order chi connectivity index (χ1) is 14.1. The van der Waals surface area contributed by atoms with Crippen LogP contribution in [0.5, 0.6) is 0 Å². The lowest BCUT2D eigenvalue weighted by Gasteiger charge is -2.31. The smallest absolute Gasteiger partial charge is 0.249 e. The SMILES string of the molecule is Cn1cnnc1S(=O)(=O)C1CCN(C(=O)CCNS(=O)(=O)c2cccc(Cl)c2)CC1. The average Bonchev–Trinajstić information content (AvgIpc) is 3.14. The number of hydrogen-bond acceptors (Lipinski definition) is 7. The summed E-state index contributed by atoms with van der Waals surface area (Å²) in [6.45, 7) is 0.494. The molecule has 1 amide bonds. The molecule has 1 aliphatic heterocycles. The first-order valence-corrected chi connectivity index (χ1v) is 12.6. The van der Waals surface area contributed by atoms with Gasteiger partial charge < -0.3 is 9.47 Å². The molecule has 2 aromatic rings. The molecular weight excluding hydrogens is 454 g/mol. The van der Waals surface area contributed by atoms with Crippen molar-refractivity contribution >= 4 is 37.4 Å². The normalized spacial score (nSPS) is 16.0. The monoisotopic (exact) mass is 475 g/mol. The van der Waals surface area contributed by atoms with E-state index in [1.54, 1.807) is 18.0 Å². The van der Waals surface area contributed by atoms with Crippen molar-refractivity contribution in [1.29, 1.82) is 0 Å². The van der Waals surface area contributed by atoms with Crippen molar-refractivity contribution in [3.8, 4) is 0 Å². The molecule has 2 heterocycles. The van der Waals surface area contributed by atoms with Gasteiger partial charge in [-0.15, -0.1) is 10.2 Å². The van der Waals surface area contributed by atoms with Crippen molar-refractivity contribution in [2.45, 2.75) is 34.6 Å². The Morgan fingerprint density at radius 2 is 1.93 bits per heavy atom. The third-order valence-corrected chi connectivity index (χ3v) is 8.82. The van der Waals surface area contributed by atoms with Gasteiger partial charge in [-0.1, -0.05) is 17.7 Å². The predicted octanol–water partition coefficient (Wildman–Crippen LogP) is 0.602. The van der Waals surface area contributed by atoms with Gasteiger partial charge in [0.05, 0.1) is 10.1 Å². The number of nitrogens with zero attached hydrogens (tertiary/aromatic N) is 4. The van der Waals surface area contributed by atoms with Gasteiger partial charge >= 0.3 is 0 Å². The molecule has 0 bridgehead atoms. The number of hydrogen-bond donors (Lipinski definition) is 1. The van der Waals surface area contributed by atoms with Crippen LogP contribution in [-0.2, 0) is 31.7 Å². The van der Waals surface area contributed by atoms with Gasteiger partial charge in [-0.2, -0.15) is 0 Å². The van der Waals surface area contributed by atoms with Gasteiger partial charge in [0.2, 0.25) is 30.9 Å². The molecule has 0 unspecified atom stereocenters. The van der Waals surface area contributed by atoms with Crippen molar-refractivity contribution < 1.29 is 21.6 Å². The van der Waals surface area contributed by atoms with E-state index in [1.807, 2.05) is 0 Å². The highest BCUT2D eigenvalue weighted by atomic mass is 35.5. The lowest BCUT2D eigenvalue weighted by Crippen LogP contribution is -2.43. The molecule has 1 aromatic carbocycles. The quantitative estimate of drug-likeness (QED) is 0.620. The van der Waals surface area contributed by atoms with E-state index in [9.17, 15) is 21.6 Å². The molecule has 0 atom stereocenters. The number of carbonyl (C=O) groups excluding carboxylic acids is 1. The number of sulfonamides is 1. The molecule has 0 aliphatic carbocycles. The van der Waals surface area contributed by atoms with E-state index in [2.05, 4.69) is 14.9 Å². The summed E-state index contributed by atoms with van der Waals surface area (Å²) in [6, 6.07) is 5.84. The molecule has 13 heteroatoms. The molecule has 1 fully saturated rings. The van der Waals surface area contributed by atoms with Crippen LogP contribution in [0.2, 0.25) is 5.02 Å². The van der Waals surface area contributed by atoms with Crippen LogP contribution in [0.4, 0.5) is 0 Å². The summed E-state index contributed by atoms with van der Waals surface area (Å²) < 4.78 is 53.6. The number of aryl methyl sites for hydroxylation is 1. The van der Waals surface area contributed by atoms with E-state index in [4.69, 9.17) is 11.6 Å². The Morgan fingerprint density at radius 3 is 2.53 bits per heavy atom. The van der Waals surface area contributed by atoms with Gasteiger partial charge in [-0.25, -0.2) is 21.6 Å². The number of sulfone groups is 1. The first-order valence-electron chi connectivity index (χ1n) is 9.22. The van der Waals surface area contributed by atoms with Crippen molar-refractivity contribution in [1.82, 2.24) is 24.4 Å². The largest absolute Gasteiger partial charge is 0.343 e. The van der Waals surface area contributed by atoms with Crippen molar-refractivity contribution in [3.05, 3.63) is 35.6 Å². The van der Waals surface area contributed by atoms with Crippen LogP contribution in [-0.4, -0.2) is 67.3 Å². The van der Waals surface area contributed by atoms with E-state index in [0.717, 1.165) is 0 Å². The summed E-state index contributed by atoms with van der Waals surface area (Å²) in [5, 5.41) is 6.88. The number of carbonyl (C=O) groups is 1. The Labute approximate surface area is 180 Å². The molecule has 0 saturated carbocycles. The number of aromatic nitrogens is 3. The standard InChI is InChI=1S/C17H22ClN5O5S2/c1-22-12-19-21-17(22)29(25,26)14-6-9-23(10-7-14)16(24)5-8-20-30(27,28)15-4-2-3-13(18)11-15/h2-4,11-12,14,20H,5-10H2,1H3. The summed E-state index contributed by atoms with van der Waals surface area (Å²) in [4.78, 5) is 14.0. The number of benzene rings is 1. The fraction of sp³-hybridized carbons (Fsp3) is 0.471. The van der Waals surface area contributed by atoms with E-state index in [1.165, 1.54) is 29.1 Å². The Kier molecular flexibility index (Phi) is 6.80. The van der Waals surface area contributed by atoms with Crippen LogP contribution in [0, 0.1) is 0 Å². The minimum Gasteiger partial charge on any atom is -0.343 e. The highest BCUT2D eigenvalue weighted by Crippen LogP contribution is 2.23. The second-order valence-corrected chi connectivity index (χ2v) is 11.3. The fourth-order valence-corrected chi connectivity index (χ4v) is 6.33. The third kappa shape index (κ3) is 4.99. The van der Waals surface area contributed by atoms with Gasteiger partial charge in [0.15, 0.2) is 0 Å². The molecule has 1 aromatic heterocycles. The zero-order valence-corrected chi connectivity index (χ0v) is 18.6. The molecule has 30 heavy (non-hydrogen) atoms. The van der Waals surface area contributed by atoms with Gasteiger partial charge in [0, 0.05) is 38.1 Å². The molecule has 0 spiro atoms. The number of rotatable bonds is 7. The average molecular weight is 476 g/mol. The molecule has 1 N–H and O–H groups in total. The molecule has 1 saturated heterocycles. The summed E-state index contributed by atoms with van der Waals surface area (Å²) in [5.41, 5.74) is 0. The zero-order chi connectivity index (χ0) is 21.9. The number of piperidine rings is 1. The van der Waals surface area contributed by atoms with Crippen LogP contribution >= 0.6 is 11.6 Å². The van der Waals surface area contributed by atoms with Crippen molar-refractivity contribution in [2.24, 2.45) is 7.05 Å². The van der Waals surface area contributed by atoms with Crippen LogP contribution in [0.25, 0.3) is 0 Å². The number of amides is 1. The van der Waals surface area contributed by atoms with Gasteiger partial charge in [-0.3, -0.25) is 4.79 Å². The Hall–Kier alpha value is -2.02. The fourth-order valence-electron chi connectivity index (χ4n) is 3.26. The number of nitrogens with one attached hydrogen (secondary N) is 1. The molecule has 3 rings (SSSR count). The second-order valence-electron chi connectivity index (χ2n) is 6.95. The lowest BCUT2D eigenvalue weighted by atomic mass is 10.1.